The molecule has 0 radical (unpaired) electrons. The Balaban J connectivity index is 1.71. The first-order chi connectivity index (χ1) is 8.33. The minimum absolute atomic E-state index is 0.105. The van der Waals surface area contributed by atoms with Crippen molar-refractivity contribution >= 4 is 5.95 Å². The third kappa shape index (κ3) is 2.18. The molecule has 2 saturated heterocycles. The van der Waals surface area contributed by atoms with Gasteiger partial charge in [-0.2, -0.15) is 0 Å². The van der Waals surface area contributed by atoms with Crippen molar-refractivity contribution in [1.29, 1.82) is 0 Å². The summed E-state index contributed by atoms with van der Waals surface area (Å²) < 4.78 is 5.49. The van der Waals surface area contributed by atoms with E-state index >= 15 is 0 Å². The Bertz CT molecular complexity index is 384. The van der Waals surface area contributed by atoms with Gasteiger partial charge in [-0.05, 0) is 0 Å². The summed E-state index contributed by atoms with van der Waals surface area (Å²) in [6, 6.07) is 0.440. The van der Waals surface area contributed by atoms with Crippen molar-refractivity contribution in [3.8, 4) is 5.75 Å². The van der Waals surface area contributed by atoms with Gasteiger partial charge in [0.05, 0.1) is 31.6 Å². The Hall–Kier alpha value is -1.40. The van der Waals surface area contributed by atoms with E-state index in [2.05, 4.69) is 19.8 Å². The molecular weight excluding hydrogens is 220 g/mol. The molecular formula is C11H16N4O2. The van der Waals surface area contributed by atoms with Gasteiger partial charge < -0.3 is 14.7 Å². The lowest BCUT2D eigenvalue weighted by molar-refractivity contribution is -0.0119. The van der Waals surface area contributed by atoms with E-state index in [0.29, 0.717) is 12.0 Å². The minimum atomic E-state index is 0.105. The number of aromatic nitrogens is 2. The third-order valence-electron chi connectivity index (χ3n) is 3.35. The Morgan fingerprint density at radius 1 is 1.24 bits per heavy atom. The van der Waals surface area contributed by atoms with E-state index in [-0.39, 0.29) is 5.75 Å². The third-order valence-corrected chi connectivity index (χ3v) is 3.35. The van der Waals surface area contributed by atoms with Crippen molar-refractivity contribution in [2.24, 2.45) is 0 Å². The number of anilines is 1. The van der Waals surface area contributed by atoms with Gasteiger partial charge in [0.15, 0.2) is 5.75 Å². The normalized spacial score (nSPS) is 25.6. The van der Waals surface area contributed by atoms with Crippen LogP contribution in [0, 0.1) is 0 Å². The van der Waals surface area contributed by atoms with Crippen molar-refractivity contribution in [2.45, 2.75) is 6.04 Å². The zero-order valence-electron chi connectivity index (χ0n) is 9.62. The van der Waals surface area contributed by atoms with Crippen LogP contribution in [0.3, 0.4) is 0 Å². The van der Waals surface area contributed by atoms with Crippen LogP contribution < -0.4 is 4.90 Å². The molecule has 1 unspecified atom stereocenters. The van der Waals surface area contributed by atoms with Gasteiger partial charge in [-0.15, -0.1) is 0 Å². The summed E-state index contributed by atoms with van der Waals surface area (Å²) in [6.45, 7) is 5.50. The van der Waals surface area contributed by atoms with Gasteiger partial charge in [0.25, 0.3) is 0 Å². The van der Waals surface area contributed by atoms with Crippen molar-refractivity contribution in [3.63, 3.8) is 0 Å². The van der Waals surface area contributed by atoms with Gasteiger partial charge in [-0.3, -0.25) is 4.90 Å². The molecule has 17 heavy (non-hydrogen) atoms. The highest BCUT2D eigenvalue weighted by molar-refractivity contribution is 5.32. The maximum absolute atomic E-state index is 9.17. The average molecular weight is 236 g/mol. The summed E-state index contributed by atoms with van der Waals surface area (Å²) in [5.74, 6) is 0.793. The Labute approximate surface area is 99.8 Å². The summed E-state index contributed by atoms with van der Waals surface area (Å²) >= 11 is 0. The van der Waals surface area contributed by atoms with Gasteiger partial charge in [0.1, 0.15) is 0 Å². The standard InChI is InChI=1S/C11H16N4O2/c16-10-5-12-11(13-6-10)15-2-1-14-3-4-17-8-9(14)7-15/h5-6,9,16H,1-4,7-8H2. The topological polar surface area (TPSA) is 61.7 Å². The van der Waals surface area contributed by atoms with Gasteiger partial charge in [0.2, 0.25) is 5.95 Å². The largest absolute Gasteiger partial charge is 0.505 e. The highest BCUT2D eigenvalue weighted by Crippen LogP contribution is 2.18. The van der Waals surface area contributed by atoms with Crippen molar-refractivity contribution in [2.75, 3.05) is 44.3 Å². The number of morpholine rings is 1. The predicted octanol–water partition coefficient (Wildman–Crippen LogP) is -0.297. The van der Waals surface area contributed by atoms with E-state index in [1.807, 2.05) is 0 Å². The first-order valence-electron chi connectivity index (χ1n) is 5.91. The molecule has 3 heterocycles. The second-order valence-corrected chi connectivity index (χ2v) is 4.45. The quantitative estimate of drug-likeness (QED) is 0.722. The second kappa shape index (κ2) is 4.46. The lowest BCUT2D eigenvalue weighted by Crippen LogP contribution is -2.58. The lowest BCUT2D eigenvalue weighted by atomic mass is 10.1. The van der Waals surface area contributed by atoms with Crippen LogP contribution in [0.1, 0.15) is 0 Å². The highest BCUT2D eigenvalue weighted by Gasteiger charge is 2.30. The maximum atomic E-state index is 9.17. The van der Waals surface area contributed by atoms with Crippen molar-refractivity contribution in [3.05, 3.63) is 12.4 Å². The van der Waals surface area contributed by atoms with E-state index in [9.17, 15) is 5.11 Å². The molecule has 2 fully saturated rings. The van der Waals surface area contributed by atoms with Crippen LogP contribution in [-0.2, 0) is 4.74 Å². The summed E-state index contributed by atoms with van der Waals surface area (Å²) in [5, 5.41) is 9.17. The van der Waals surface area contributed by atoms with Gasteiger partial charge in [-0.1, -0.05) is 0 Å². The van der Waals surface area contributed by atoms with Crippen LogP contribution in [0.5, 0.6) is 5.75 Å². The van der Waals surface area contributed by atoms with E-state index in [1.54, 1.807) is 0 Å². The van der Waals surface area contributed by atoms with Crippen molar-refractivity contribution in [1.82, 2.24) is 14.9 Å². The summed E-state index contributed by atoms with van der Waals surface area (Å²) in [7, 11) is 0. The number of rotatable bonds is 1. The summed E-state index contributed by atoms with van der Waals surface area (Å²) in [5.41, 5.74) is 0. The van der Waals surface area contributed by atoms with Crippen LogP contribution in [0.2, 0.25) is 0 Å². The molecule has 2 aliphatic heterocycles. The summed E-state index contributed by atoms with van der Waals surface area (Å²) in [4.78, 5) is 12.9. The molecule has 6 heteroatoms. The van der Waals surface area contributed by atoms with Crippen LogP contribution in [-0.4, -0.2) is 65.4 Å². The highest BCUT2D eigenvalue weighted by atomic mass is 16.5. The van der Waals surface area contributed by atoms with E-state index < -0.39 is 0 Å². The number of nitrogens with zero attached hydrogens (tertiary/aromatic N) is 4. The lowest BCUT2D eigenvalue weighted by Gasteiger charge is -2.43. The molecule has 2 aliphatic rings. The zero-order chi connectivity index (χ0) is 11.7. The fraction of sp³-hybridized carbons (Fsp3) is 0.636. The number of aromatic hydroxyl groups is 1. The molecule has 0 bridgehead atoms. The molecule has 1 atom stereocenters. The number of fused-ring (bicyclic) bond motifs is 1. The molecule has 1 aromatic rings. The maximum Gasteiger partial charge on any atom is 0.225 e. The molecule has 0 aromatic carbocycles. The molecule has 0 saturated carbocycles. The van der Waals surface area contributed by atoms with Crippen LogP contribution >= 0.6 is 0 Å². The number of hydrogen-bond donors (Lipinski definition) is 1. The molecule has 1 N–H and O–H groups in total. The van der Waals surface area contributed by atoms with Crippen molar-refractivity contribution < 1.29 is 9.84 Å². The zero-order valence-corrected chi connectivity index (χ0v) is 9.62. The van der Waals surface area contributed by atoms with E-state index in [0.717, 1.165) is 39.4 Å². The molecule has 92 valence electrons. The first-order valence-corrected chi connectivity index (χ1v) is 5.91. The fourth-order valence-electron chi connectivity index (χ4n) is 2.41. The second-order valence-electron chi connectivity index (χ2n) is 4.45. The van der Waals surface area contributed by atoms with Gasteiger partial charge in [0, 0.05) is 26.2 Å². The molecule has 3 rings (SSSR count). The Morgan fingerprint density at radius 3 is 2.88 bits per heavy atom. The number of hydrogen-bond acceptors (Lipinski definition) is 6. The molecule has 0 aliphatic carbocycles. The molecule has 0 spiro atoms. The Morgan fingerprint density at radius 2 is 2.06 bits per heavy atom. The molecule has 6 nitrogen and oxygen atoms in total. The van der Waals surface area contributed by atoms with Crippen LogP contribution in [0.25, 0.3) is 0 Å². The summed E-state index contributed by atoms with van der Waals surface area (Å²) in [6.07, 6.45) is 2.87. The van der Waals surface area contributed by atoms with Crippen LogP contribution in [0.15, 0.2) is 12.4 Å². The average Bonchev–Trinajstić information content (AvgIpc) is 2.39. The fourth-order valence-corrected chi connectivity index (χ4v) is 2.41. The van der Waals surface area contributed by atoms with E-state index in [4.69, 9.17) is 4.74 Å². The smallest absolute Gasteiger partial charge is 0.225 e. The minimum Gasteiger partial charge on any atom is -0.505 e. The monoisotopic (exact) mass is 236 g/mol. The molecule has 1 aromatic heterocycles. The van der Waals surface area contributed by atoms with Crippen LogP contribution in [0.4, 0.5) is 5.95 Å². The predicted molar refractivity (Wildman–Crippen MR) is 62.1 cm³/mol. The number of ether oxygens (including phenoxy) is 1. The SMILES string of the molecule is Oc1cnc(N2CCN3CCOCC3C2)nc1. The van der Waals surface area contributed by atoms with Gasteiger partial charge in [-0.25, -0.2) is 9.97 Å². The van der Waals surface area contributed by atoms with Gasteiger partial charge >= 0.3 is 0 Å². The molecule has 0 amide bonds. The Kier molecular flexibility index (Phi) is 2.82. The van der Waals surface area contributed by atoms with E-state index in [1.165, 1.54) is 12.4 Å². The number of piperazine rings is 1. The first kappa shape index (κ1) is 10.7.